The molecule has 3 rings (SSSR count). The Morgan fingerprint density at radius 2 is 2.00 bits per heavy atom. The number of nitrogens with one attached hydrogen (secondary N) is 1. The maximum Gasteiger partial charge on any atom is 0.256 e. The molecule has 0 spiro atoms. The van der Waals surface area contributed by atoms with Crippen LogP contribution in [0.15, 0.2) is 28.3 Å². The minimum absolute atomic E-state index is 0.0231. The third kappa shape index (κ3) is 3.38. The molecule has 120 valence electrons. The van der Waals surface area contributed by atoms with Crippen LogP contribution in [-0.2, 0) is 14.8 Å². The lowest BCUT2D eigenvalue weighted by molar-refractivity contribution is -0.118. The van der Waals surface area contributed by atoms with Gasteiger partial charge in [0.2, 0.25) is 0 Å². The lowest BCUT2D eigenvalue weighted by atomic mass is 10.0. The first-order valence-corrected chi connectivity index (χ1v) is 9.02. The fraction of sp³-hybridized carbons (Fsp3) is 0.571. The SMILES string of the molecule is CN1CCC(NC(=O)C2=CN3CCS(=O)(=O)N=C3C=C2)CC1. The predicted molar refractivity (Wildman–Crippen MR) is 83.8 cm³/mol. The number of carbonyl (C=O) groups excluding carboxylic acids is 1. The minimum Gasteiger partial charge on any atom is -0.349 e. The highest BCUT2D eigenvalue weighted by atomic mass is 32.2. The number of rotatable bonds is 2. The molecule has 3 heterocycles. The summed E-state index contributed by atoms with van der Waals surface area (Å²) in [4.78, 5) is 16.3. The van der Waals surface area contributed by atoms with Crippen molar-refractivity contribution < 1.29 is 13.2 Å². The molecule has 1 fully saturated rings. The van der Waals surface area contributed by atoms with Crippen molar-refractivity contribution in [2.45, 2.75) is 18.9 Å². The zero-order valence-corrected chi connectivity index (χ0v) is 13.3. The average Bonchev–Trinajstić information content (AvgIpc) is 2.48. The Hall–Kier alpha value is -1.67. The van der Waals surface area contributed by atoms with Crippen LogP contribution in [-0.4, -0.2) is 68.4 Å². The quantitative estimate of drug-likeness (QED) is 0.754. The van der Waals surface area contributed by atoms with Gasteiger partial charge in [0.15, 0.2) is 0 Å². The number of nitrogens with zero attached hydrogens (tertiary/aromatic N) is 3. The largest absolute Gasteiger partial charge is 0.349 e. The fourth-order valence-electron chi connectivity index (χ4n) is 2.76. The van der Waals surface area contributed by atoms with Crippen LogP contribution in [0.2, 0.25) is 0 Å². The van der Waals surface area contributed by atoms with E-state index in [2.05, 4.69) is 21.7 Å². The van der Waals surface area contributed by atoms with E-state index in [1.807, 2.05) is 0 Å². The minimum atomic E-state index is -3.36. The Morgan fingerprint density at radius 3 is 2.73 bits per heavy atom. The summed E-state index contributed by atoms with van der Waals surface area (Å²) in [6.45, 7) is 2.30. The number of hydrogen-bond donors (Lipinski definition) is 1. The maximum atomic E-state index is 12.3. The molecule has 0 aliphatic carbocycles. The summed E-state index contributed by atoms with van der Waals surface area (Å²) in [5, 5.41) is 3.05. The van der Waals surface area contributed by atoms with Crippen LogP contribution in [0.5, 0.6) is 0 Å². The van der Waals surface area contributed by atoms with Crippen LogP contribution in [0.25, 0.3) is 0 Å². The second-order valence-electron chi connectivity index (χ2n) is 5.90. The molecule has 0 atom stereocenters. The first-order valence-electron chi connectivity index (χ1n) is 7.41. The third-order valence-electron chi connectivity index (χ3n) is 4.14. The molecule has 1 saturated heterocycles. The molecule has 22 heavy (non-hydrogen) atoms. The molecule has 3 aliphatic rings. The van der Waals surface area contributed by atoms with Crippen molar-refractivity contribution in [3.8, 4) is 0 Å². The normalized spacial score (nSPS) is 25.2. The monoisotopic (exact) mass is 324 g/mol. The van der Waals surface area contributed by atoms with Crippen molar-refractivity contribution in [1.82, 2.24) is 15.1 Å². The Bertz CT molecular complexity index is 658. The third-order valence-corrected chi connectivity index (χ3v) is 5.30. The van der Waals surface area contributed by atoms with Crippen LogP contribution >= 0.6 is 0 Å². The van der Waals surface area contributed by atoms with Gasteiger partial charge in [-0.15, -0.1) is 4.40 Å². The van der Waals surface area contributed by atoms with Crippen LogP contribution in [0.3, 0.4) is 0 Å². The van der Waals surface area contributed by atoms with Gasteiger partial charge in [-0.1, -0.05) is 0 Å². The van der Waals surface area contributed by atoms with Gasteiger partial charge in [-0.05, 0) is 45.1 Å². The van der Waals surface area contributed by atoms with E-state index >= 15 is 0 Å². The Labute approximate surface area is 130 Å². The number of carbonyl (C=O) groups is 1. The van der Waals surface area contributed by atoms with E-state index < -0.39 is 10.0 Å². The highest BCUT2D eigenvalue weighted by molar-refractivity contribution is 7.90. The molecule has 0 radical (unpaired) electrons. The molecule has 1 amide bonds. The summed E-state index contributed by atoms with van der Waals surface area (Å²) in [6, 6.07) is 0.204. The maximum absolute atomic E-state index is 12.3. The molecule has 7 nitrogen and oxygen atoms in total. The van der Waals surface area contributed by atoms with E-state index in [0.29, 0.717) is 18.0 Å². The molecular formula is C14H20N4O3S. The van der Waals surface area contributed by atoms with E-state index in [1.54, 1.807) is 23.3 Å². The Morgan fingerprint density at radius 1 is 1.27 bits per heavy atom. The molecule has 0 aromatic heterocycles. The number of amidine groups is 1. The second-order valence-corrected chi connectivity index (χ2v) is 7.65. The average molecular weight is 324 g/mol. The molecule has 0 bridgehead atoms. The van der Waals surface area contributed by atoms with Gasteiger partial charge >= 0.3 is 0 Å². The van der Waals surface area contributed by atoms with Crippen molar-refractivity contribution in [2.24, 2.45) is 4.40 Å². The number of likely N-dealkylation sites (tertiary alicyclic amines) is 1. The van der Waals surface area contributed by atoms with E-state index in [0.717, 1.165) is 25.9 Å². The standard InChI is InChI=1S/C14H20N4O3S/c1-17-6-4-12(5-7-17)15-14(19)11-2-3-13-16-22(20,21)9-8-18(13)10-11/h2-3,10,12H,4-9H2,1H3,(H,15,19). The Kier molecular flexibility index (Phi) is 4.05. The zero-order valence-electron chi connectivity index (χ0n) is 12.5. The van der Waals surface area contributed by atoms with E-state index in [4.69, 9.17) is 0 Å². The number of piperidine rings is 1. The summed E-state index contributed by atoms with van der Waals surface area (Å²) < 4.78 is 26.6. The van der Waals surface area contributed by atoms with Crippen LogP contribution in [0.1, 0.15) is 12.8 Å². The highest BCUT2D eigenvalue weighted by Gasteiger charge is 2.26. The van der Waals surface area contributed by atoms with Crippen molar-refractivity contribution >= 4 is 21.8 Å². The van der Waals surface area contributed by atoms with Gasteiger partial charge < -0.3 is 15.1 Å². The lowest BCUT2D eigenvalue weighted by Crippen LogP contribution is -2.44. The second kappa shape index (κ2) is 5.85. The molecule has 0 aromatic carbocycles. The van der Waals surface area contributed by atoms with Crippen LogP contribution in [0, 0.1) is 0 Å². The smallest absolute Gasteiger partial charge is 0.256 e. The van der Waals surface area contributed by atoms with Crippen LogP contribution in [0.4, 0.5) is 0 Å². The number of hydrogen-bond acceptors (Lipinski definition) is 5. The fourth-order valence-corrected chi connectivity index (χ4v) is 3.73. The van der Waals surface area contributed by atoms with E-state index in [1.165, 1.54) is 0 Å². The van der Waals surface area contributed by atoms with Gasteiger partial charge in [-0.25, -0.2) is 8.42 Å². The van der Waals surface area contributed by atoms with Crippen molar-refractivity contribution in [3.05, 3.63) is 23.9 Å². The summed E-state index contributed by atoms with van der Waals surface area (Å²) in [6.07, 6.45) is 6.79. The van der Waals surface area contributed by atoms with Crippen molar-refractivity contribution in [3.63, 3.8) is 0 Å². The van der Waals surface area contributed by atoms with E-state index in [9.17, 15) is 13.2 Å². The van der Waals surface area contributed by atoms with Gasteiger partial charge in [0.05, 0.1) is 11.3 Å². The summed E-state index contributed by atoms with van der Waals surface area (Å²) >= 11 is 0. The first kappa shape index (κ1) is 15.2. The Balaban J connectivity index is 1.65. The van der Waals surface area contributed by atoms with Crippen LogP contribution < -0.4 is 5.32 Å². The number of fused-ring (bicyclic) bond motifs is 1. The van der Waals surface area contributed by atoms with Gasteiger partial charge in [-0.3, -0.25) is 4.79 Å². The zero-order chi connectivity index (χ0) is 15.7. The summed E-state index contributed by atoms with van der Waals surface area (Å²) in [7, 11) is -1.28. The molecule has 8 heteroatoms. The lowest BCUT2D eigenvalue weighted by Gasteiger charge is -2.30. The highest BCUT2D eigenvalue weighted by Crippen LogP contribution is 2.16. The number of sulfonamides is 1. The van der Waals surface area contributed by atoms with Crippen molar-refractivity contribution in [2.75, 3.05) is 32.4 Å². The van der Waals surface area contributed by atoms with Crippen molar-refractivity contribution in [1.29, 1.82) is 0 Å². The van der Waals surface area contributed by atoms with Gasteiger partial charge in [0, 0.05) is 18.8 Å². The van der Waals surface area contributed by atoms with Gasteiger partial charge in [-0.2, -0.15) is 0 Å². The van der Waals surface area contributed by atoms with Gasteiger partial charge in [0.25, 0.3) is 15.9 Å². The molecule has 1 N–H and O–H groups in total. The van der Waals surface area contributed by atoms with Gasteiger partial charge in [0.1, 0.15) is 5.84 Å². The van der Waals surface area contributed by atoms with E-state index in [-0.39, 0.29) is 17.7 Å². The predicted octanol–water partition coefficient (Wildman–Crippen LogP) is -0.306. The summed E-state index contributed by atoms with van der Waals surface area (Å²) in [5.41, 5.74) is 0.539. The molecule has 0 saturated carbocycles. The number of amides is 1. The molecule has 0 unspecified atom stereocenters. The molecular weight excluding hydrogens is 304 g/mol. The molecule has 0 aromatic rings. The topological polar surface area (TPSA) is 82.1 Å². The summed E-state index contributed by atoms with van der Waals surface area (Å²) in [5.74, 6) is 0.241. The molecule has 3 aliphatic heterocycles. The first-order chi connectivity index (χ1) is 10.4.